The average Bonchev–Trinajstić information content (AvgIpc) is 3.23. The highest BCUT2D eigenvalue weighted by Gasteiger charge is 2.23. The predicted molar refractivity (Wildman–Crippen MR) is 137 cm³/mol. The van der Waals surface area contributed by atoms with Gasteiger partial charge in [-0.25, -0.2) is 4.57 Å². The first-order chi connectivity index (χ1) is 17.2. The fourth-order valence-corrected chi connectivity index (χ4v) is 4.90. The molecule has 6 aromatic rings. The van der Waals surface area contributed by atoms with E-state index >= 15 is 0 Å². The molecule has 2 nitrogen and oxygen atoms in total. The summed E-state index contributed by atoms with van der Waals surface area (Å²) in [5.74, 6) is 0. The third kappa shape index (κ3) is 3.06. The summed E-state index contributed by atoms with van der Waals surface area (Å²) in [6.45, 7) is 1.86. The number of aromatic nitrogens is 1. The molecule has 0 unspecified atom stereocenters. The maximum absolute atomic E-state index is 8.20. The summed E-state index contributed by atoms with van der Waals surface area (Å²) in [5.41, 5.74) is 7.66. The Morgan fingerprint density at radius 3 is 2.45 bits per heavy atom. The Morgan fingerprint density at radius 2 is 1.64 bits per heavy atom. The Balaban J connectivity index is 1.69. The van der Waals surface area contributed by atoms with Gasteiger partial charge < -0.3 is 4.42 Å². The van der Waals surface area contributed by atoms with Gasteiger partial charge in [0.2, 0.25) is 5.69 Å². The van der Waals surface area contributed by atoms with Crippen molar-refractivity contribution < 1.29 is 13.1 Å². The summed E-state index contributed by atoms with van der Waals surface area (Å²) in [7, 11) is 1.90. The van der Waals surface area contributed by atoms with Gasteiger partial charge in [0.15, 0.2) is 6.20 Å². The predicted octanol–water partition coefficient (Wildman–Crippen LogP) is 7.82. The van der Waals surface area contributed by atoms with Crippen molar-refractivity contribution >= 4 is 32.7 Å². The van der Waals surface area contributed by atoms with Crippen LogP contribution in [0.3, 0.4) is 0 Å². The Morgan fingerprint density at radius 1 is 0.818 bits per heavy atom. The van der Waals surface area contributed by atoms with Gasteiger partial charge in [0.1, 0.15) is 18.2 Å². The van der Waals surface area contributed by atoms with E-state index in [-0.39, 0.29) is 0 Å². The van der Waals surface area contributed by atoms with Crippen molar-refractivity contribution in [2.75, 3.05) is 0 Å². The molecule has 0 aliphatic rings. The molecule has 0 fully saturated rings. The van der Waals surface area contributed by atoms with Crippen molar-refractivity contribution in [3.05, 3.63) is 102 Å². The second-order valence-electron chi connectivity index (χ2n) is 8.86. The lowest BCUT2D eigenvalue weighted by atomic mass is 9.95. The molecule has 0 amide bonds. The largest absolute Gasteiger partial charge is 0.455 e. The quantitative estimate of drug-likeness (QED) is 0.255. The minimum absolute atomic E-state index is 0.332. The summed E-state index contributed by atoms with van der Waals surface area (Å²) < 4.78 is 33.0. The summed E-state index contributed by atoms with van der Waals surface area (Å²) in [5, 5.41) is 4.49. The van der Waals surface area contributed by atoms with Gasteiger partial charge in [-0.15, -0.1) is 0 Å². The molecule has 160 valence electrons. The fourth-order valence-electron chi connectivity index (χ4n) is 4.90. The van der Waals surface area contributed by atoms with Crippen LogP contribution in [0.15, 0.2) is 89.5 Å². The molecule has 0 spiro atoms. The molecule has 0 N–H and O–H groups in total. The van der Waals surface area contributed by atoms with Crippen molar-refractivity contribution in [3.8, 4) is 22.4 Å². The lowest BCUT2D eigenvalue weighted by Crippen LogP contribution is -2.31. The maximum Gasteiger partial charge on any atom is 0.216 e. The van der Waals surface area contributed by atoms with Gasteiger partial charge in [-0.3, -0.25) is 0 Å². The van der Waals surface area contributed by atoms with E-state index in [0.717, 1.165) is 55.3 Å². The first-order valence-electron chi connectivity index (χ1n) is 12.7. The standard InChI is InChI=1S/C31H26NO/c1-19-9-12-23(13-10-19)26-17-27(32(4)18-21(26)3)29-20(2)11-15-25-30-24-8-6-5-7-22(24)14-16-28(30)33-31(25)29/h5-18H,1-4H3/q+1/i3D3. The van der Waals surface area contributed by atoms with Crippen LogP contribution in [0.1, 0.15) is 20.8 Å². The molecule has 0 radical (unpaired) electrons. The van der Waals surface area contributed by atoms with Crippen LogP contribution in [0.25, 0.3) is 55.1 Å². The molecule has 0 aliphatic carbocycles. The second-order valence-corrected chi connectivity index (χ2v) is 8.86. The number of rotatable bonds is 2. The molecule has 4 aromatic carbocycles. The van der Waals surface area contributed by atoms with E-state index in [2.05, 4.69) is 43.3 Å². The summed E-state index contributed by atoms with van der Waals surface area (Å²) in [6, 6.07) is 26.7. The van der Waals surface area contributed by atoms with Crippen LogP contribution < -0.4 is 4.57 Å². The van der Waals surface area contributed by atoms with Gasteiger partial charge in [0.25, 0.3) is 0 Å². The molecule has 0 saturated carbocycles. The van der Waals surface area contributed by atoms with E-state index < -0.39 is 6.85 Å². The molecular weight excluding hydrogens is 402 g/mol. The molecule has 33 heavy (non-hydrogen) atoms. The van der Waals surface area contributed by atoms with E-state index in [9.17, 15) is 0 Å². The number of aryl methyl sites for hydroxylation is 4. The first-order valence-corrected chi connectivity index (χ1v) is 11.2. The Bertz CT molecular complexity index is 1790. The van der Waals surface area contributed by atoms with Gasteiger partial charge in [0, 0.05) is 26.5 Å². The summed E-state index contributed by atoms with van der Waals surface area (Å²) >= 11 is 0. The molecule has 2 heterocycles. The second kappa shape index (κ2) is 7.31. The van der Waals surface area contributed by atoms with Gasteiger partial charge in [-0.2, -0.15) is 0 Å². The van der Waals surface area contributed by atoms with Crippen molar-refractivity contribution in [2.45, 2.75) is 20.7 Å². The molecular formula is C31H26NO+. The molecule has 6 rings (SSSR count). The number of fused-ring (bicyclic) bond motifs is 5. The van der Waals surface area contributed by atoms with Crippen LogP contribution in [-0.2, 0) is 7.05 Å². The number of furan rings is 1. The topological polar surface area (TPSA) is 17.0 Å². The highest BCUT2D eigenvalue weighted by atomic mass is 16.3. The zero-order valence-electron chi connectivity index (χ0n) is 21.9. The van der Waals surface area contributed by atoms with Crippen LogP contribution in [0.5, 0.6) is 0 Å². The van der Waals surface area contributed by atoms with Crippen molar-refractivity contribution in [3.63, 3.8) is 0 Å². The van der Waals surface area contributed by atoms with Gasteiger partial charge in [0.05, 0.1) is 5.56 Å². The maximum atomic E-state index is 8.20. The minimum atomic E-state index is -2.24. The number of nitrogens with zero attached hydrogens (tertiary/aromatic N) is 1. The van der Waals surface area contributed by atoms with Crippen molar-refractivity contribution in [1.29, 1.82) is 0 Å². The van der Waals surface area contributed by atoms with E-state index in [1.807, 2.05) is 61.0 Å². The number of benzene rings is 4. The SMILES string of the molecule is [2H]C([2H])([2H])c1c[n+](C)c(-c2c(C)ccc3c2oc2ccc4ccccc4c23)cc1-c1ccc(C)cc1. The smallest absolute Gasteiger partial charge is 0.216 e. The Kier molecular flexibility index (Phi) is 3.70. The number of hydrogen-bond acceptors (Lipinski definition) is 1. The monoisotopic (exact) mass is 431 g/mol. The summed E-state index contributed by atoms with van der Waals surface area (Å²) in [6.07, 6.45) is 1.74. The molecule has 2 aromatic heterocycles. The highest BCUT2D eigenvalue weighted by molar-refractivity contribution is 6.20. The zero-order valence-corrected chi connectivity index (χ0v) is 18.9. The van der Waals surface area contributed by atoms with E-state index in [1.165, 1.54) is 5.39 Å². The average molecular weight is 432 g/mol. The van der Waals surface area contributed by atoms with Crippen LogP contribution >= 0.6 is 0 Å². The van der Waals surface area contributed by atoms with E-state index in [0.29, 0.717) is 11.1 Å². The highest BCUT2D eigenvalue weighted by Crippen LogP contribution is 2.40. The molecule has 0 aliphatic heterocycles. The summed E-state index contributed by atoms with van der Waals surface area (Å²) in [4.78, 5) is 0. The first kappa shape index (κ1) is 16.7. The van der Waals surface area contributed by atoms with Crippen molar-refractivity contribution in [1.82, 2.24) is 0 Å². The van der Waals surface area contributed by atoms with Crippen LogP contribution in [-0.4, -0.2) is 0 Å². The molecule has 2 heteroatoms. The Labute approximate surface area is 197 Å². The van der Waals surface area contributed by atoms with Gasteiger partial charge in [-0.05, 0) is 54.2 Å². The molecule has 0 bridgehead atoms. The minimum Gasteiger partial charge on any atom is -0.455 e. The van der Waals surface area contributed by atoms with E-state index in [4.69, 9.17) is 8.53 Å². The Hall–Kier alpha value is -3.91. The van der Waals surface area contributed by atoms with Crippen LogP contribution in [0.4, 0.5) is 0 Å². The lowest BCUT2D eigenvalue weighted by Gasteiger charge is -2.10. The van der Waals surface area contributed by atoms with Crippen molar-refractivity contribution in [2.24, 2.45) is 7.05 Å². The molecule has 0 atom stereocenters. The van der Waals surface area contributed by atoms with Gasteiger partial charge in [-0.1, -0.05) is 72.3 Å². The van der Waals surface area contributed by atoms with Crippen LogP contribution in [0.2, 0.25) is 0 Å². The number of pyridine rings is 1. The van der Waals surface area contributed by atoms with Crippen LogP contribution in [0, 0.1) is 20.7 Å². The number of hydrogen-bond donors (Lipinski definition) is 0. The zero-order chi connectivity index (χ0) is 25.2. The third-order valence-corrected chi connectivity index (χ3v) is 6.63. The fraction of sp³-hybridized carbons (Fsp3) is 0.129. The van der Waals surface area contributed by atoms with Gasteiger partial charge >= 0.3 is 0 Å². The normalized spacial score (nSPS) is 13.4. The third-order valence-electron chi connectivity index (χ3n) is 6.63. The lowest BCUT2D eigenvalue weighted by molar-refractivity contribution is -0.660. The molecule has 0 saturated heterocycles. The van der Waals surface area contributed by atoms with E-state index in [1.54, 1.807) is 6.20 Å².